The summed E-state index contributed by atoms with van der Waals surface area (Å²) in [5.41, 5.74) is 12.3. The summed E-state index contributed by atoms with van der Waals surface area (Å²) in [4.78, 5) is 16.1. The van der Waals surface area contributed by atoms with Crippen LogP contribution in [0.25, 0.3) is 5.65 Å². The molecule has 24 heavy (non-hydrogen) atoms. The van der Waals surface area contributed by atoms with Gasteiger partial charge in [-0.15, -0.1) is 0 Å². The molecular formula is C19H22N4O. The molecule has 0 bridgehead atoms. The van der Waals surface area contributed by atoms with Gasteiger partial charge in [-0.25, -0.2) is 4.98 Å². The van der Waals surface area contributed by atoms with E-state index in [4.69, 9.17) is 5.73 Å². The first kappa shape index (κ1) is 16.1. The number of primary amides is 1. The van der Waals surface area contributed by atoms with Gasteiger partial charge in [-0.05, 0) is 43.0 Å². The third-order valence-corrected chi connectivity index (χ3v) is 4.30. The van der Waals surface area contributed by atoms with Crippen LogP contribution in [0.4, 0.5) is 5.69 Å². The van der Waals surface area contributed by atoms with Crippen molar-refractivity contribution in [3.05, 3.63) is 64.6 Å². The fourth-order valence-corrected chi connectivity index (χ4v) is 3.02. The van der Waals surface area contributed by atoms with Crippen LogP contribution >= 0.6 is 0 Å². The molecule has 3 N–H and O–H groups in total. The van der Waals surface area contributed by atoms with Gasteiger partial charge in [0.25, 0.3) is 0 Å². The van der Waals surface area contributed by atoms with Crippen molar-refractivity contribution < 1.29 is 4.79 Å². The summed E-state index contributed by atoms with van der Waals surface area (Å²) in [6, 6.07) is 8.12. The monoisotopic (exact) mass is 322 g/mol. The lowest BCUT2D eigenvalue weighted by molar-refractivity contribution is 0.1000. The van der Waals surface area contributed by atoms with Crippen LogP contribution in [0.3, 0.4) is 0 Å². The van der Waals surface area contributed by atoms with Crippen molar-refractivity contribution in [2.45, 2.75) is 33.7 Å². The molecule has 2 heterocycles. The summed E-state index contributed by atoms with van der Waals surface area (Å²) in [5.74, 6) is -0.448. The first-order valence-electron chi connectivity index (χ1n) is 8.10. The molecule has 0 saturated carbocycles. The van der Waals surface area contributed by atoms with Crippen LogP contribution in [-0.2, 0) is 13.0 Å². The number of hydrogen-bond acceptors (Lipinski definition) is 3. The van der Waals surface area contributed by atoms with Gasteiger partial charge in [0.05, 0.1) is 16.9 Å². The summed E-state index contributed by atoms with van der Waals surface area (Å²) >= 11 is 0. The molecule has 3 rings (SSSR count). The summed E-state index contributed by atoms with van der Waals surface area (Å²) in [6.07, 6.45) is 4.59. The Morgan fingerprint density at radius 3 is 2.79 bits per heavy atom. The van der Waals surface area contributed by atoms with Gasteiger partial charge in [-0.3, -0.25) is 4.79 Å². The third kappa shape index (κ3) is 2.97. The predicted molar refractivity (Wildman–Crippen MR) is 96.3 cm³/mol. The minimum Gasteiger partial charge on any atom is -0.378 e. The highest BCUT2D eigenvalue weighted by atomic mass is 16.1. The first-order valence-corrected chi connectivity index (χ1v) is 8.10. The van der Waals surface area contributed by atoms with Crippen molar-refractivity contribution in [1.29, 1.82) is 0 Å². The molecule has 2 aromatic heterocycles. The lowest BCUT2D eigenvalue weighted by Gasteiger charge is -2.14. The number of pyridine rings is 1. The number of nitrogens with zero attached hydrogens (tertiary/aromatic N) is 2. The van der Waals surface area contributed by atoms with Gasteiger partial charge >= 0.3 is 0 Å². The molecule has 0 aliphatic heterocycles. The molecule has 1 aromatic carbocycles. The topological polar surface area (TPSA) is 72.4 Å². The predicted octanol–water partition coefficient (Wildman–Crippen LogP) is 3.22. The van der Waals surface area contributed by atoms with Crippen molar-refractivity contribution in [3.8, 4) is 0 Å². The largest absolute Gasteiger partial charge is 0.378 e. The zero-order valence-electron chi connectivity index (χ0n) is 14.3. The van der Waals surface area contributed by atoms with Crippen molar-refractivity contribution >= 4 is 17.2 Å². The lowest BCUT2D eigenvalue weighted by atomic mass is 10.00. The molecule has 0 unspecified atom stereocenters. The number of fused-ring (bicyclic) bond motifs is 1. The quantitative estimate of drug-likeness (QED) is 0.757. The highest BCUT2D eigenvalue weighted by Gasteiger charge is 2.11. The third-order valence-electron chi connectivity index (χ3n) is 4.30. The van der Waals surface area contributed by atoms with Gasteiger partial charge < -0.3 is 15.5 Å². The summed E-state index contributed by atoms with van der Waals surface area (Å²) in [5, 5.41) is 3.44. The second-order valence-corrected chi connectivity index (χ2v) is 6.04. The molecule has 0 radical (unpaired) electrons. The number of aryl methyl sites for hydroxylation is 3. The Hall–Kier alpha value is -2.82. The Morgan fingerprint density at radius 1 is 1.29 bits per heavy atom. The normalized spacial score (nSPS) is 11.0. The van der Waals surface area contributed by atoms with E-state index in [-0.39, 0.29) is 0 Å². The maximum atomic E-state index is 11.6. The number of rotatable bonds is 5. The van der Waals surface area contributed by atoms with Crippen LogP contribution in [-0.4, -0.2) is 15.3 Å². The van der Waals surface area contributed by atoms with E-state index in [2.05, 4.69) is 42.3 Å². The zero-order valence-corrected chi connectivity index (χ0v) is 14.3. The molecule has 1 amide bonds. The molecule has 124 valence electrons. The fraction of sp³-hybridized carbons (Fsp3) is 0.263. The first-order chi connectivity index (χ1) is 11.5. The van der Waals surface area contributed by atoms with E-state index < -0.39 is 5.91 Å². The van der Waals surface area contributed by atoms with Crippen LogP contribution in [0.5, 0.6) is 0 Å². The number of imidazole rings is 1. The van der Waals surface area contributed by atoms with E-state index in [0.29, 0.717) is 12.1 Å². The molecule has 0 aliphatic rings. The zero-order chi connectivity index (χ0) is 17.3. The summed E-state index contributed by atoms with van der Waals surface area (Å²) < 4.78 is 1.84. The molecule has 0 spiro atoms. The number of aromatic nitrogens is 2. The smallest absolute Gasteiger partial charge is 0.250 e. The van der Waals surface area contributed by atoms with E-state index in [0.717, 1.165) is 23.4 Å². The van der Waals surface area contributed by atoms with Crippen molar-refractivity contribution in [1.82, 2.24) is 9.38 Å². The average Bonchev–Trinajstić information content (AvgIpc) is 2.93. The SMILES string of the molecule is CCc1cccc(C)c1CNc1cc(C(N)=O)cn2cc(C)nc12. The van der Waals surface area contributed by atoms with E-state index in [1.807, 2.05) is 17.5 Å². The fourth-order valence-electron chi connectivity index (χ4n) is 3.02. The van der Waals surface area contributed by atoms with Crippen molar-refractivity contribution in [2.24, 2.45) is 5.73 Å². The number of carbonyl (C=O) groups is 1. The van der Waals surface area contributed by atoms with E-state index >= 15 is 0 Å². The Bertz CT molecular complexity index is 911. The number of anilines is 1. The molecule has 0 fully saturated rings. The van der Waals surface area contributed by atoms with Crippen LogP contribution in [0.15, 0.2) is 36.7 Å². The number of nitrogens with one attached hydrogen (secondary N) is 1. The van der Waals surface area contributed by atoms with E-state index in [1.165, 1.54) is 16.7 Å². The molecule has 5 nitrogen and oxygen atoms in total. The van der Waals surface area contributed by atoms with Gasteiger partial charge in [-0.2, -0.15) is 0 Å². The Labute approximate surface area is 141 Å². The number of nitrogens with two attached hydrogens (primary N) is 1. The molecule has 0 aliphatic carbocycles. The van der Waals surface area contributed by atoms with Crippen LogP contribution in [0.2, 0.25) is 0 Å². The molecule has 3 aromatic rings. The van der Waals surface area contributed by atoms with Gasteiger partial charge in [0, 0.05) is 18.9 Å². The van der Waals surface area contributed by atoms with Crippen LogP contribution < -0.4 is 11.1 Å². The van der Waals surface area contributed by atoms with E-state index in [1.54, 1.807) is 12.3 Å². The second-order valence-electron chi connectivity index (χ2n) is 6.04. The highest BCUT2D eigenvalue weighted by Crippen LogP contribution is 2.22. The summed E-state index contributed by atoms with van der Waals surface area (Å²) in [7, 11) is 0. The number of benzene rings is 1. The Kier molecular flexibility index (Phi) is 4.25. The summed E-state index contributed by atoms with van der Waals surface area (Å²) in [6.45, 7) is 6.88. The maximum absolute atomic E-state index is 11.6. The van der Waals surface area contributed by atoms with Crippen LogP contribution in [0, 0.1) is 13.8 Å². The van der Waals surface area contributed by atoms with Crippen LogP contribution in [0.1, 0.15) is 39.7 Å². The Balaban J connectivity index is 2.00. The van der Waals surface area contributed by atoms with Gasteiger partial charge in [0.15, 0.2) is 5.65 Å². The minimum atomic E-state index is -0.448. The van der Waals surface area contributed by atoms with Gasteiger partial charge in [0.2, 0.25) is 5.91 Å². The average molecular weight is 322 g/mol. The molecule has 5 heteroatoms. The molecular weight excluding hydrogens is 300 g/mol. The maximum Gasteiger partial charge on any atom is 0.250 e. The number of hydrogen-bond donors (Lipinski definition) is 2. The number of carbonyl (C=O) groups excluding carboxylic acids is 1. The molecule has 0 saturated heterocycles. The lowest BCUT2D eigenvalue weighted by Crippen LogP contribution is -2.13. The second kappa shape index (κ2) is 6.35. The van der Waals surface area contributed by atoms with Gasteiger partial charge in [-0.1, -0.05) is 25.1 Å². The highest BCUT2D eigenvalue weighted by molar-refractivity contribution is 5.94. The number of amides is 1. The van der Waals surface area contributed by atoms with E-state index in [9.17, 15) is 4.79 Å². The Morgan fingerprint density at radius 2 is 2.08 bits per heavy atom. The molecule has 0 atom stereocenters. The minimum absolute atomic E-state index is 0.448. The van der Waals surface area contributed by atoms with Crippen molar-refractivity contribution in [3.63, 3.8) is 0 Å². The standard InChI is InChI=1S/C19H22N4O/c1-4-14-7-5-6-12(2)16(14)9-21-17-8-15(18(20)24)11-23-10-13(3)22-19(17)23/h5-8,10-11,21H,4,9H2,1-3H3,(H2,20,24). The van der Waals surface area contributed by atoms with Gasteiger partial charge in [0.1, 0.15) is 0 Å². The van der Waals surface area contributed by atoms with Crippen molar-refractivity contribution in [2.75, 3.05) is 5.32 Å².